The van der Waals surface area contributed by atoms with Crippen LogP contribution < -0.4 is 4.74 Å². The van der Waals surface area contributed by atoms with E-state index < -0.39 is 0 Å². The quantitative estimate of drug-likeness (QED) is 0.263. The fraction of sp³-hybridized carbons (Fsp3) is 0.654. The van der Waals surface area contributed by atoms with Gasteiger partial charge in [0.05, 0.1) is 5.92 Å². The first-order chi connectivity index (χ1) is 13.7. The van der Waals surface area contributed by atoms with Crippen molar-refractivity contribution in [2.75, 3.05) is 0 Å². The highest BCUT2D eigenvalue weighted by atomic mass is 16.5. The average Bonchev–Trinajstić information content (AvgIpc) is 2.73. The molecule has 1 atom stereocenters. The molecule has 2 aliphatic carbocycles. The maximum Gasteiger partial charge on any atom is 0.314 e. The number of rotatable bonds is 8. The number of allylic oxidation sites excluding steroid dienone is 2. The summed E-state index contributed by atoms with van der Waals surface area (Å²) < 4.78 is 5.70. The minimum atomic E-state index is -0.0251. The van der Waals surface area contributed by atoms with Gasteiger partial charge < -0.3 is 4.74 Å². The molecule has 0 spiro atoms. The van der Waals surface area contributed by atoms with Crippen molar-refractivity contribution in [1.29, 1.82) is 0 Å². The van der Waals surface area contributed by atoms with E-state index in [1.165, 1.54) is 68.9 Å². The Kier molecular flexibility index (Phi) is 8.18. The molecule has 0 aliphatic heterocycles. The van der Waals surface area contributed by atoms with Gasteiger partial charge in [-0.3, -0.25) is 4.79 Å². The van der Waals surface area contributed by atoms with Crippen molar-refractivity contribution in [2.24, 2.45) is 17.8 Å². The van der Waals surface area contributed by atoms with Crippen LogP contribution in [-0.4, -0.2) is 5.97 Å². The standard InChI is InChI=1S/C26H38O2/c1-3-4-5-6-7-21-10-14-24(15-11-21)26(27)28-25-18-16-23(17-19-25)22-12-8-20(2)9-13-22/h12,16-21,24H,3-11,13-15H2,1-2H3/t20-,21?,24?/m0/s1. The summed E-state index contributed by atoms with van der Waals surface area (Å²) in [6.07, 6.45) is 17.1. The van der Waals surface area contributed by atoms with E-state index in [0.29, 0.717) is 5.75 Å². The SMILES string of the molecule is CCCCCCC1CCC(C(=O)Oc2ccc(C3=CC[C@H](C)CC3)cc2)CC1. The Morgan fingerprint density at radius 3 is 2.39 bits per heavy atom. The van der Waals surface area contributed by atoms with Gasteiger partial charge in [0.25, 0.3) is 0 Å². The van der Waals surface area contributed by atoms with Gasteiger partial charge in [-0.05, 0) is 80.1 Å². The van der Waals surface area contributed by atoms with Gasteiger partial charge in [0.1, 0.15) is 5.75 Å². The zero-order valence-corrected chi connectivity index (χ0v) is 17.9. The molecule has 1 aromatic carbocycles. The first kappa shape index (κ1) is 21.1. The predicted octanol–water partition coefficient (Wildman–Crippen LogP) is 7.57. The molecule has 0 aromatic heterocycles. The van der Waals surface area contributed by atoms with E-state index in [-0.39, 0.29) is 11.9 Å². The van der Waals surface area contributed by atoms with Crippen LogP contribution >= 0.6 is 0 Å². The molecule has 2 aliphatic rings. The number of carbonyl (C=O) groups is 1. The van der Waals surface area contributed by atoms with Crippen molar-refractivity contribution in [3.05, 3.63) is 35.9 Å². The molecule has 154 valence electrons. The van der Waals surface area contributed by atoms with E-state index >= 15 is 0 Å². The highest BCUT2D eigenvalue weighted by Crippen LogP contribution is 2.34. The summed E-state index contributed by atoms with van der Waals surface area (Å²) in [5.41, 5.74) is 2.71. The van der Waals surface area contributed by atoms with Crippen LogP contribution in [0.15, 0.2) is 30.3 Å². The molecule has 2 nitrogen and oxygen atoms in total. The lowest BCUT2D eigenvalue weighted by Crippen LogP contribution is -2.25. The zero-order chi connectivity index (χ0) is 19.8. The highest BCUT2D eigenvalue weighted by molar-refractivity contribution is 5.75. The van der Waals surface area contributed by atoms with Crippen molar-refractivity contribution in [3.8, 4) is 5.75 Å². The normalized spacial score (nSPS) is 25.2. The lowest BCUT2D eigenvalue weighted by Gasteiger charge is -2.27. The molecule has 2 heteroatoms. The number of hydrogen-bond acceptors (Lipinski definition) is 2. The number of benzene rings is 1. The topological polar surface area (TPSA) is 26.3 Å². The van der Waals surface area contributed by atoms with Crippen molar-refractivity contribution in [2.45, 2.75) is 90.9 Å². The van der Waals surface area contributed by atoms with Crippen molar-refractivity contribution in [3.63, 3.8) is 0 Å². The van der Waals surface area contributed by atoms with Crippen LogP contribution in [-0.2, 0) is 4.79 Å². The monoisotopic (exact) mass is 382 g/mol. The number of carbonyl (C=O) groups excluding carboxylic acids is 1. The Morgan fingerprint density at radius 2 is 1.75 bits per heavy atom. The summed E-state index contributed by atoms with van der Waals surface area (Å²) in [7, 11) is 0. The van der Waals surface area contributed by atoms with Crippen molar-refractivity contribution >= 4 is 11.5 Å². The van der Waals surface area contributed by atoms with Gasteiger partial charge in [-0.25, -0.2) is 0 Å². The molecule has 0 saturated heterocycles. The fourth-order valence-electron chi connectivity index (χ4n) is 4.71. The number of unbranched alkanes of at least 4 members (excludes halogenated alkanes) is 3. The second-order valence-electron chi connectivity index (χ2n) is 9.12. The smallest absolute Gasteiger partial charge is 0.314 e. The van der Waals surface area contributed by atoms with Gasteiger partial charge in [0.15, 0.2) is 0 Å². The molecular formula is C26H38O2. The van der Waals surface area contributed by atoms with Crippen LogP contribution in [0, 0.1) is 17.8 Å². The van der Waals surface area contributed by atoms with Crippen molar-refractivity contribution < 1.29 is 9.53 Å². The molecule has 1 aromatic rings. The molecule has 0 radical (unpaired) electrons. The van der Waals surface area contributed by atoms with Crippen LogP contribution in [0.4, 0.5) is 0 Å². The predicted molar refractivity (Wildman–Crippen MR) is 117 cm³/mol. The Bertz CT molecular complexity index is 635. The third kappa shape index (κ3) is 6.22. The molecule has 1 saturated carbocycles. The van der Waals surface area contributed by atoms with Crippen LogP contribution in [0.5, 0.6) is 5.75 Å². The molecule has 0 heterocycles. The molecular weight excluding hydrogens is 344 g/mol. The zero-order valence-electron chi connectivity index (χ0n) is 17.9. The second-order valence-corrected chi connectivity index (χ2v) is 9.12. The number of ether oxygens (including phenoxy) is 1. The summed E-state index contributed by atoms with van der Waals surface area (Å²) in [6.45, 7) is 4.58. The van der Waals surface area contributed by atoms with Gasteiger partial charge >= 0.3 is 5.97 Å². The van der Waals surface area contributed by atoms with Crippen LogP contribution in [0.25, 0.3) is 5.57 Å². The maximum atomic E-state index is 12.6. The largest absolute Gasteiger partial charge is 0.426 e. The minimum Gasteiger partial charge on any atom is -0.426 e. The lowest BCUT2D eigenvalue weighted by atomic mass is 9.80. The Hall–Kier alpha value is -1.57. The van der Waals surface area contributed by atoms with Crippen LogP contribution in [0.3, 0.4) is 0 Å². The molecule has 0 amide bonds. The van der Waals surface area contributed by atoms with E-state index in [4.69, 9.17) is 4.74 Å². The average molecular weight is 383 g/mol. The summed E-state index contributed by atoms with van der Waals surface area (Å²) in [5, 5.41) is 0. The maximum absolute atomic E-state index is 12.6. The molecule has 0 N–H and O–H groups in total. The van der Waals surface area contributed by atoms with E-state index in [2.05, 4.69) is 32.1 Å². The van der Waals surface area contributed by atoms with Gasteiger partial charge in [0.2, 0.25) is 0 Å². The van der Waals surface area contributed by atoms with E-state index in [1.54, 1.807) is 0 Å². The van der Waals surface area contributed by atoms with E-state index in [1.807, 2.05) is 12.1 Å². The summed E-state index contributed by atoms with van der Waals surface area (Å²) in [5.74, 6) is 2.39. The Balaban J connectivity index is 1.43. The van der Waals surface area contributed by atoms with E-state index in [9.17, 15) is 4.79 Å². The molecule has 1 fully saturated rings. The molecule has 0 unspecified atom stereocenters. The summed E-state index contributed by atoms with van der Waals surface area (Å²) in [4.78, 5) is 12.6. The number of esters is 1. The number of hydrogen-bond donors (Lipinski definition) is 0. The second kappa shape index (κ2) is 10.8. The first-order valence-electron chi connectivity index (χ1n) is 11.7. The van der Waals surface area contributed by atoms with Gasteiger partial charge in [0, 0.05) is 0 Å². The Labute approximate surface area is 171 Å². The third-order valence-corrected chi connectivity index (χ3v) is 6.76. The summed E-state index contributed by atoms with van der Waals surface area (Å²) >= 11 is 0. The van der Waals surface area contributed by atoms with Crippen molar-refractivity contribution in [1.82, 2.24) is 0 Å². The fourth-order valence-corrected chi connectivity index (χ4v) is 4.71. The minimum absolute atomic E-state index is 0.0251. The molecule has 28 heavy (non-hydrogen) atoms. The summed E-state index contributed by atoms with van der Waals surface area (Å²) in [6, 6.07) is 8.15. The highest BCUT2D eigenvalue weighted by Gasteiger charge is 2.27. The molecule has 3 rings (SSSR count). The molecule has 0 bridgehead atoms. The van der Waals surface area contributed by atoms with E-state index in [0.717, 1.165) is 31.1 Å². The lowest BCUT2D eigenvalue weighted by molar-refractivity contribution is -0.140. The van der Waals surface area contributed by atoms with Gasteiger partial charge in [-0.2, -0.15) is 0 Å². The third-order valence-electron chi connectivity index (χ3n) is 6.76. The van der Waals surface area contributed by atoms with Crippen LogP contribution in [0.2, 0.25) is 0 Å². The van der Waals surface area contributed by atoms with Gasteiger partial charge in [-0.1, -0.05) is 64.2 Å². The van der Waals surface area contributed by atoms with Gasteiger partial charge in [-0.15, -0.1) is 0 Å². The van der Waals surface area contributed by atoms with Crippen LogP contribution in [0.1, 0.15) is 96.5 Å². The Morgan fingerprint density at radius 1 is 1.00 bits per heavy atom. The first-order valence-corrected chi connectivity index (χ1v) is 11.7.